The van der Waals surface area contributed by atoms with Crippen molar-refractivity contribution >= 4 is 28.3 Å². The Hall–Kier alpha value is -3.52. The number of benzene rings is 1. The number of hydrogen-bond donors (Lipinski definition) is 3. The van der Waals surface area contributed by atoms with E-state index in [0.29, 0.717) is 0 Å². The van der Waals surface area contributed by atoms with E-state index in [0.717, 1.165) is 23.3 Å². The number of hydrogen-bond acceptors (Lipinski definition) is 5. The van der Waals surface area contributed by atoms with Gasteiger partial charge in [-0.25, -0.2) is 9.78 Å². The second kappa shape index (κ2) is 7.96. The maximum absolute atomic E-state index is 13.1. The van der Waals surface area contributed by atoms with E-state index in [9.17, 15) is 14.4 Å². The van der Waals surface area contributed by atoms with Crippen molar-refractivity contribution in [1.82, 2.24) is 20.3 Å². The molecule has 0 saturated carbocycles. The van der Waals surface area contributed by atoms with Crippen LogP contribution in [0.15, 0.2) is 57.6 Å². The van der Waals surface area contributed by atoms with Crippen LogP contribution >= 0.6 is 11.3 Å². The molecule has 0 aliphatic heterocycles. The summed E-state index contributed by atoms with van der Waals surface area (Å²) in [4.78, 5) is 46.4. The van der Waals surface area contributed by atoms with E-state index in [-0.39, 0.29) is 28.5 Å². The minimum atomic E-state index is -0.632. The summed E-state index contributed by atoms with van der Waals surface area (Å²) >= 11 is 1.58. The molecular formula is C23H20N4O3S. The average Bonchev–Trinajstić information content (AvgIpc) is 3.31. The van der Waals surface area contributed by atoms with Gasteiger partial charge in [0, 0.05) is 11.1 Å². The minimum Gasteiger partial charge on any atom is -0.340 e. The first-order valence-electron chi connectivity index (χ1n) is 10.2. The molecule has 0 radical (unpaired) electrons. The summed E-state index contributed by atoms with van der Waals surface area (Å²) in [5.41, 5.74) is 2.96. The number of aromatic nitrogens is 3. The van der Waals surface area contributed by atoms with Gasteiger partial charge in [-0.2, -0.15) is 0 Å². The van der Waals surface area contributed by atoms with Crippen molar-refractivity contribution in [1.29, 1.82) is 0 Å². The molecule has 31 heavy (non-hydrogen) atoms. The highest BCUT2D eigenvalue weighted by molar-refractivity contribution is 7.10. The standard InChI is InChI=1S/C23H20N4O3S/c28-21(16-11-17-20(24-12-16)26-23(30)27-22(17)29)25-19(18-6-3-9-31-18)15-8-7-13-4-1-2-5-14(13)10-15/h3,6-12,19H,1-2,4-5H2,(H,25,28)(H2,24,26,27,29,30). The zero-order chi connectivity index (χ0) is 21.4. The summed E-state index contributed by atoms with van der Waals surface area (Å²) in [6, 6.07) is 11.6. The van der Waals surface area contributed by atoms with Crippen molar-refractivity contribution in [3.8, 4) is 0 Å². The Balaban J connectivity index is 1.50. The molecule has 3 N–H and O–H groups in total. The van der Waals surface area contributed by atoms with E-state index in [2.05, 4.69) is 38.5 Å². The lowest BCUT2D eigenvalue weighted by atomic mass is 9.89. The summed E-state index contributed by atoms with van der Waals surface area (Å²) in [5, 5.41) is 5.25. The van der Waals surface area contributed by atoms with E-state index < -0.39 is 11.2 Å². The predicted octanol–water partition coefficient (Wildman–Crippen LogP) is 3.07. The topological polar surface area (TPSA) is 108 Å². The van der Waals surface area contributed by atoms with Gasteiger partial charge in [-0.1, -0.05) is 24.3 Å². The van der Waals surface area contributed by atoms with Gasteiger partial charge in [-0.15, -0.1) is 11.3 Å². The average molecular weight is 433 g/mol. The second-order valence-corrected chi connectivity index (χ2v) is 8.66. The third kappa shape index (κ3) is 3.82. The van der Waals surface area contributed by atoms with Gasteiger partial charge in [0.15, 0.2) is 0 Å². The quantitative estimate of drug-likeness (QED) is 0.461. The zero-order valence-electron chi connectivity index (χ0n) is 16.6. The van der Waals surface area contributed by atoms with Crippen molar-refractivity contribution in [2.45, 2.75) is 31.7 Å². The van der Waals surface area contributed by atoms with Crippen LogP contribution in [0.5, 0.6) is 0 Å². The van der Waals surface area contributed by atoms with Crippen molar-refractivity contribution in [2.75, 3.05) is 0 Å². The van der Waals surface area contributed by atoms with Crippen LogP contribution in [0.2, 0.25) is 0 Å². The highest BCUT2D eigenvalue weighted by Crippen LogP contribution is 2.30. The van der Waals surface area contributed by atoms with Crippen LogP contribution in [-0.2, 0) is 12.8 Å². The lowest BCUT2D eigenvalue weighted by Crippen LogP contribution is -2.29. The van der Waals surface area contributed by atoms with E-state index in [1.54, 1.807) is 11.3 Å². The summed E-state index contributed by atoms with van der Waals surface area (Å²) in [5.74, 6) is -0.337. The van der Waals surface area contributed by atoms with Crippen LogP contribution < -0.4 is 16.6 Å². The molecule has 1 aliphatic carbocycles. The van der Waals surface area contributed by atoms with Crippen molar-refractivity contribution in [2.24, 2.45) is 0 Å². The number of fused-ring (bicyclic) bond motifs is 2. The molecule has 0 saturated heterocycles. The summed E-state index contributed by atoms with van der Waals surface area (Å²) < 4.78 is 0. The number of rotatable bonds is 4. The number of amides is 1. The van der Waals surface area contributed by atoms with E-state index in [4.69, 9.17) is 0 Å². The number of H-pyrrole nitrogens is 2. The molecule has 1 aromatic carbocycles. The Morgan fingerprint density at radius 1 is 1.06 bits per heavy atom. The fraction of sp³-hybridized carbons (Fsp3) is 0.217. The highest BCUT2D eigenvalue weighted by atomic mass is 32.1. The molecular weight excluding hydrogens is 412 g/mol. The lowest BCUT2D eigenvalue weighted by molar-refractivity contribution is 0.0943. The van der Waals surface area contributed by atoms with Crippen molar-refractivity contribution in [3.63, 3.8) is 0 Å². The van der Waals surface area contributed by atoms with Crippen LogP contribution in [0.4, 0.5) is 0 Å². The maximum atomic E-state index is 13.1. The number of thiophene rings is 1. The third-order valence-electron chi connectivity index (χ3n) is 5.66. The van der Waals surface area contributed by atoms with Crippen molar-refractivity contribution in [3.05, 3.63) is 95.9 Å². The Morgan fingerprint density at radius 3 is 2.71 bits per heavy atom. The van der Waals surface area contributed by atoms with Gasteiger partial charge >= 0.3 is 5.69 Å². The molecule has 1 amide bonds. The molecule has 8 heteroatoms. The molecule has 1 atom stereocenters. The molecule has 3 aromatic heterocycles. The molecule has 0 fully saturated rings. The highest BCUT2D eigenvalue weighted by Gasteiger charge is 2.21. The first-order valence-corrected chi connectivity index (χ1v) is 11.0. The maximum Gasteiger partial charge on any atom is 0.327 e. The molecule has 3 heterocycles. The SMILES string of the molecule is O=C(NC(c1ccc2c(c1)CCCC2)c1cccs1)c1cnc2[nH]c(=O)[nH]c(=O)c2c1. The Kier molecular flexibility index (Phi) is 4.99. The van der Waals surface area contributed by atoms with Gasteiger partial charge < -0.3 is 5.32 Å². The first-order chi connectivity index (χ1) is 15.1. The predicted molar refractivity (Wildman–Crippen MR) is 120 cm³/mol. The number of nitrogens with zero attached hydrogens (tertiary/aromatic N) is 1. The van der Waals surface area contributed by atoms with E-state index in [1.807, 2.05) is 17.5 Å². The van der Waals surface area contributed by atoms with Crippen molar-refractivity contribution < 1.29 is 4.79 Å². The second-order valence-electron chi connectivity index (χ2n) is 7.69. The van der Waals surface area contributed by atoms with Gasteiger partial charge in [0.25, 0.3) is 11.5 Å². The normalized spacial score (nSPS) is 14.2. The number of carbonyl (C=O) groups is 1. The van der Waals surface area contributed by atoms with Crippen LogP contribution in [0.1, 0.15) is 50.8 Å². The fourth-order valence-corrected chi connectivity index (χ4v) is 4.89. The number of carbonyl (C=O) groups excluding carboxylic acids is 1. The van der Waals surface area contributed by atoms with Gasteiger partial charge in [-0.05, 0) is 59.9 Å². The molecule has 1 aliphatic rings. The number of aryl methyl sites for hydroxylation is 2. The number of aromatic amines is 2. The van der Waals surface area contributed by atoms with Crippen LogP contribution in [-0.4, -0.2) is 20.9 Å². The smallest absolute Gasteiger partial charge is 0.327 e. The third-order valence-corrected chi connectivity index (χ3v) is 6.60. The lowest BCUT2D eigenvalue weighted by Gasteiger charge is -2.22. The largest absolute Gasteiger partial charge is 0.340 e. The first kappa shape index (κ1) is 19.4. The summed E-state index contributed by atoms with van der Waals surface area (Å²) in [7, 11) is 0. The molecule has 0 bridgehead atoms. The van der Waals surface area contributed by atoms with E-state index in [1.165, 1.54) is 36.2 Å². The molecule has 5 rings (SSSR count). The minimum absolute atomic E-state index is 0.148. The molecule has 7 nitrogen and oxygen atoms in total. The van der Waals surface area contributed by atoms with Crippen LogP contribution in [0.25, 0.3) is 11.0 Å². The van der Waals surface area contributed by atoms with Gasteiger partial charge in [0.1, 0.15) is 5.65 Å². The van der Waals surface area contributed by atoms with E-state index >= 15 is 0 Å². The van der Waals surface area contributed by atoms with Gasteiger partial charge in [0.05, 0.1) is 17.0 Å². The summed E-state index contributed by atoms with van der Waals surface area (Å²) in [6.45, 7) is 0. The molecule has 156 valence electrons. The molecule has 1 unspecified atom stereocenters. The van der Waals surface area contributed by atoms with Gasteiger partial charge in [-0.3, -0.25) is 19.6 Å². The fourth-order valence-electron chi connectivity index (χ4n) is 4.09. The summed E-state index contributed by atoms with van der Waals surface area (Å²) in [6.07, 6.45) is 5.93. The Labute approximate surface area is 181 Å². The number of pyridine rings is 1. The van der Waals surface area contributed by atoms with Gasteiger partial charge in [0.2, 0.25) is 0 Å². The zero-order valence-corrected chi connectivity index (χ0v) is 17.4. The van der Waals surface area contributed by atoms with Crippen LogP contribution in [0, 0.1) is 0 Å². The monoisotopic (exact) mass is 432 g/mol. The Bertz CT molecular complexity index is 1390. The molecule has 0 spiro atoms. The molecule has 4 aromatic rings. The van der Waals surface area contributed by atoms with Crippen LogP contribution in [0.3, 0.4) is 0 Å². The Morgan fingerprint density at radius 2 is 1.90 bits per heavy atom. The number of nitrogens with one attached hydrogen (secondary N) is 3.